The Hall–Kier alpha value is -3.02. The van der Waals surface area contributed by atoms with E-state index in [1.54, 1.807) is 12.1 Å². The summed E-state index contributed by atoms with van der Waals surface area (Å²) in [6.07, 6.45) is -3.48. The predicted octanol–water partition coefficient (Wildman–Crippen LogP) is 4.29. The number of carbonyl (C=O) groups is 3. The SMILES string of the molecule is COC(=O)[C@@H](N)Cc1ccc(Oc2ccc(C=C3SC(=O)NC3=O)c(C(F)(F)F)c2)cc1.Cl. The summed E-state index contributed by atoms with van der Waals surface area (Å²) in [5.74, 6) is -1.10. The van der Waals surface area contributed by atoms with Gasteiger partial charge in [0.15, 0.2) is 0 Å². The molecule has 0 aliphatic carbocycles. The molecule has 2 aromatic rings. The van der Waals surface area contributed by atoms with E-state index in [2.05, 4.69) is 4.74 Å². The number of imide groups is 1. The highest BCUT2D eigenvalue weighted by Gasteiger charge is 2.34. The monoisotopic (exact) mass is 502 g/mol. The Morgan fingerprint density at radius 2 is 1.79 bits per heavy atom. The summed E-state index contributed by atoms with van der Waals surface area (Å²) in [5.41, 5.74) is 5.13. The highest BCUT2D eigenvalue weighted by Crippen LogP contribution is 2.38. The van der Waals surface area contributed by atoms with Crippen molar-refractivity contribution in [3.8, 4) is 11.5 Å². The summed E-state index contributed by atoms with van der Waals surface area (Å²) in [4.78, 5) is 34.2. The number of carbonyl (C=O) groups excluding carboxylic acids is 3. The molecule has 33 heavy (non-hydrogen) atoms. The second kappa shape index (κ2) is 10.7. The van der Waals surface area contributed by atoms with Gasteiger partial charge in [0.1, 0.15) is 17.5 Å². The quantitative estimate of drug-likeness (QED) is 0.448. The summed E-state index contributed by atoms with van der Waals surface area (Å²) in [5, 5.41) is 1.34. The number of nitrogens with two attached hydrogens (primary N) is 1. The minimum Gasteiger partial charge on any atom is -0.468 e. The van der Waals surface area contributed by atoms with Crippen LogP contribution in [-0.4, -0.2) is 30.3 Å². The molecule has 1 aliphatic rings. The standard InChI is InChI=1S/C21H17F3N2O5S.ClH/c1-30-19(28)16(25)8-11-2-5-13(6-3-11)31-14-7-4-12(15(10-14)21(22,23)24)9-17-18(27)26-20(29)32-17;/h2-7,9-10,16H,8,25H2,1H3,(H,26,27,29);1H/t16-;/m0./s1. The molecule has 0 spiro atoms. The second-order valence-corrected chi connectivity index (χ2v) is 7.69. The van der Waals surface area contributed by atoms with E-state index in [1.165, 1.54) is 25.3 Å². The molecule has 1 saturated heterocycles. The molecule has 2 amide bonds. The van der Waals surface area contributed by atoms with E-state index in [0.717, 1.165) is 23.8 Å². The molecule has 12 heteroatoms. The van der Waals surface area contributed by atoms with Crippen molar-refractivity contribution in [2.45, 2.75) is 18.6 Å². The van der Waals surface area contributed by atoms with Crippen LogP contribution in [0.25, 0.3) is 6.08 Å². The van der Waals surface area contributed by atoms with Crippen LogP contribution in [0.15, 0.2) is 47.4 Å². The Morgan fingerprint density at radius 1 is 1.15 bits per heavy atom. The molecule has 0 aromatic heterocycles. The van der Waals surface area contributed by atoms with Gasteiger partial charge in [0.2, 0.25) is 0 Å². The van der Waals surface area contributed by atoms with Crippen molar-refractivity contribution in [1.82, 2.24) is 5.32 Å². The summed E-state index contributed by atoms with van der Waals surface area (Å²) in [6, 6.07) is 8.79. The third kappa shape index (κ3) is 6.73. The molecule has 176 valence electrons. The van der Waals surface area contributed by atoms with Gasteiger partial charge in [-0.25, -0.2) is 0 Å². The van der Waals surface area contributed by atoms with Crippen molar-refractivity contribution in [3.63, 3.8) is 0 Å². The number of amides is 2. The molecule has 0 radical (unpaired) electrons. The number of alkyl halides is 3. The molecule has 3 N–H and O–H groups in total. The Bertz CT molecular complexity index is 1090. The predicted molar refractivity (Wildman–Crippen MR) is 118 cm³/mol. The van der Waals surface area contributed by atoms with E-state index >= 15 is 0 Å². The van der Waals surface area contributed by atoms with Gasteiger partial charge in [0.05, 0.1) is 17.6 Å². The van der Waals surface area contributed by atoms with Crippen LogP contribution in [0.2, 0.25) is 0 Å². The van der Waals surface area contributed by atoms with Gasteiger partial charge in [0, 0.05) is 0 Å². The number of thioether (sulfide) groups is 1. The van der Waals surface area contributed by atoms with Crippen LogP contribution in [0.3, 0.4) is 0 Å². The van der Waals surface area contributed by atoms with E-state index in [1.807, 2.05) is 5.32 Å². The fourth-order valence-electron chi connectivity index (χ4n) is 2.85. The Balaban J connectivity index is 0.00000385. The molecule has 1 atom stereocenters. The van der Waals surface area contributed by atoms with Gasteiger partial charge in [-0.2, -0.15) is 13.2 Å². The maximum atomic E-state index is 13.6. The molecular weight excluding hydrogens is 485 g/mol. The van der Waals surface area contributed by atoms with E-state index in [0.29, 0.717) is 11.8 Å². The molecule has 3 rings (SSSR count). The lowest BCUT2D eigenvalue weighted by Gasteiger charge is -2.14. The number of methoxy groups -OCH3 is 1. The molecule has 1 aliphatic heterocycles. The van der Waals surface area contributed by atoms with Crippen LogP contribution in [-0.2, 0) is 26.9 Å². The molecule has 1 heterocycles. The Morgan fingerprint density at radius 3 is 2.33 bits per heavy atom. The molecule has 0 unspecified atom stereocenters. The molecule has 0 bridgehead atoms. The van der Waals surface area contributed by atoms with Gasteiger partial charge in [-0.15, -0.1) is 12.4 Å². The van der Waals surface area contributed by atoms with Crippen molar-refractivity contribution < 1.29 is 37.0 Å². The number of rotatable bonds is 6. The fourth-order valence-corrected chi connectivity index (χ4v) is 3.52. The number of hydrogen-bond donors (Lipinski definition) is 2. The zero-order chi connectivity index (χ0) is 23.5. The first kappa shape index (κ1) is 26.2. The van der Waals surface area contributed by atoms with E-state index in [4.69, 9.17) is 10.5 Å². The van der Waals surface area contributed by atoms with Crippen LogP contribution in [0, 0.1) is 0 Å². The number of benzene rings is 2. The van der Waals surface area contributed by atoms with E-state index < -0.39 is 34.9 Å². The lowest BCUT2D eigenvalue weighted by atomic mass is 10.1. The zero-order valence-electron chi connectivity index (χ0n) is 17.0. The Labute approximate surface area is 196 Å². The third-order valence-electron chi connectivity index (χ3n) is 4.38. The van der Waals surface area contributed by atoms with Crippen LogP contribution >= 0.6 is 24.2 Å². The first-order valence-corrected chi connectivity index (χ1v) is 9.95. The van der Waals surface area contributed by atoms with Gasteiger partial charge >= 0.3 is 12.1 Å². The van der Waals surface area contributed by atoms with Crippen molar-refractivity contribution >= 4 is 47.4 Å². The topological polar surface area (TPSA) is 108 Å². The fraction of sp³-hybridized carbons (Fsp3) is 0.190. The lowest BCUT2D eigenvalue weighted by Crippen LogP contribution is -2.33. The molecule has 7 nitrogen and oxygen atoms in total. The first-order valence-electron chi connectivity index (χ1n) is 9.13. The maximum Gasteiger partial charge on any atom is 0.417 e. The van der Waals surface area contributed by atoms with Crippen LogP contribution < -0.4 is 15.8 Å². The average Bonchev–Trinajstić information content (AvgIpc) is 3.05. The summed E-state index contributed by atoms with van der Waals surface area (Å²) in [6.45, 7) is 0. The number of nitrogens with one attached hydrogen (secondary N) is 1. The second-order valence-electron chi connectivity index (χ2n) is 6.68. The third-order valence-corrected chi connectivity index (χ3v) is 5.19. The van der Waals surface area contributed by atoms with Crippen molar-refractivity contribution in [3.05, 3.63) is 64.1 Å². The molecule has 0 saturated carbocycles. The minimum absolute atomic E-state index is 0. The number of ether oxygens (including phenoxy) is 2. The van der Waals surface area contributed by atoms with Gasteiger partial charge in [-0.1, -0.05) is 18.2 Å². The number of halogens is 4. The highest BCUT2D eigenvalue weighted by molar-refractivity contribution is 8.18. The van der Waals surface area contributed by atoms with Crippen molar-refractivity contribution in [2.75, 3.05) is 7.11 Å². The summed E-state index contributed by atoms with van der Waals surface area (Å²) < 4.78 is 50.8. The zero-order valence-corrected chi connectivity index (χ0v) is 18.6. The largest absolute Gasteiger partial charge is 0.468 e. The van der Waals surface area contributed by atoms with Crippen LogP contribution in [0.5, 0.6) is 11.5 Å². The van der Waals surface area contributed by atoms with E-state index in [-0.39, 0.29) is 40.8 Å². The maximum absolute atomic E-state index is 13.6. The van der Waals surface area contributed by atoms with Gasteiger partial charge < -0.3 is 15.2 Å². The Kier molecular flexibility index (Phi) is 8.53. The normalized spacial score (nSPS) is 15.6. The number of esters is 1. The smallest absolute Gasteiger partial charge is 0.417 e. The van der Waals surface area contributed by atoms with Crippen LogP contribution in [0.4, 0.5) is 18.0 Å². The van der Waals surface area contributed by atoms with E-state index in [9.17, 15) is 27.6 Å². The van der Waals surface area contributed by atoms with Crippen LogP contribution in [0.1, 0.15) is 16.7 Å². The molecule has 1 fully saturated rings. The molecule has 2 aromatic carbocycles. The molecular formula is C21H18ClF3N2O5S. The van der Waals surface area contributed by atoms with Gasteiger partial charge in [0.25, 0.3) is 11.1 Å². The summed E-state index contributed by atoms with van der Waals surface area (Å²) in [7, 11) is 1.23. The summed E-state index contributed by atoms with van der Waals surface area (Å²) >= 11 is 0.528. The number of hydrogen-bond acceptors (Lipinski definition) is 7. The lowest BCUT2D eigenvalue weighted by molar-refractivity contribution is -0.142. The average molecular weight is 503 g/mol. The minimum atomic E-state index is -4.72. The van der Waals surface area contributed by atoms with Gasteiger partial charge in [-0.3, -0.25) is 19.7 Å². The van der Waals surface area contributed by atoms with Crippen molar-refractivity contribution in [2.24, 2.45) is 5.73 Å². The highest BCUT2D eigenvalue weighted by atomic mass is 35.5. The van der Waals surface area contributed by atoms with Crippen molar-refractivity contribution in [1.29, 1.82) is 0 Å². The van der Waals surface area contributed by atoms with Gasteiger partial charge in [-0.05, 0) is 59.7 Å². The first-order chi connectivity index (χ1) is 15.1.